The molecule has 0 spiro atoms. The van der Waals surface area contributed by atoms with Crippen LogP contribution in [0.4, 0.5) is 0 Å². The van der Waals surface area contributed by atoms with Gasteiger partial charge in [0, 0.05) is 18.0 Å². The molecule has 24 heavy (non-hydrogen) atoms. The number of hydrogen-bond donors (Lipinski definition) is 2. The van der Waals surface area contributed by atoms with Gasteiger partial charge in [0.1, 0.15) is 25.2 Å². The summed E-state index contributed by atoms with van der Waals surface area (Å²) >= 11 is 6.43. The summed E-state index contributed by atoms with van der Waals surface area (Å²) in [4.78, 5) is 7.59. The van der Waals surface area contributed by atoms with E-state index in [1.54, 1.807) is 11.1 Å². The van der Waals surface area contributed by atoms with Gasteiger partial charge in [-0.15, -0.1) is 0 Å². The summed E-state index contributed by atoms with van der Waals surface area (Å²) in [6.07, 6.45) is 3.01. The SMILES string of the molecule is Clc1cc2c(c3ncccc13)OC[NH+](CCC[NH+]1CCOCC1)C2. The largest absolute Gasteiger partial charge is 0.443 e. The lowest BCUT2D eigenvalue weighted by Gasteiger charge is -2.28. The summed E-state index contributed by atoms with van der Waals surface area (Å²) < 4.78 is 11.5. The Hall–Kier alpha value is -1.40. The second kappa shape index (κ2) is 7.23. The number of rotatable bonds is 4. The summed E-state index contributed by atoms with van der Waals surface area (Å²) in [5.41, 5.74) is 2.06. The summed E-state index contributed by atoms with van der Waals surface area (Å²) in [5.74, 6) is 0.914. The van der Waals surface area contributed by atoms with Crippen LogP contribution in [0.5, 0.6) is 5.75 Å². The molecule has 0 saturated carbocycles. The van der Waals surface area contributed by atoms with E-state index >= 15 is 0 Å². The highest BCUT2D eigenvalue weighted by molar-refractivity contribution is 6.35. The lowest BCUT2D eigenvalue weighted by molar-refractivity contribution is -0.942. The molecule has 2 aromatic rings. The highest BCUT2D eigenvalue weighted by atomic mass is 35.5. The predicted molar refractivity (Wildman–Crippen MR) is 92.8 cm³/mol. The highest BCUT2D eigenvalue weighted by Gasteiger charge is 2.24. The number of fused-ring (bicyclic) bond motifs is 3. The maximum Gasteiger partial charge on any atom is 0.222 e. The van der Waals surface area contributed by atoms with Crippen molar-refractivity contribution in [2.45, 2.75) is 13.0 Å². The van der Waals surface area contributed by atoms with Crippen molar-refractivity contribution in [1.82, 2.24) is 4.98 Å². The second-order valence-electron chi connectivity index (χ2n) is 6.68. The Morgan fingerprint density at radius 2 is 2.00 bits per heavy atom. The van der Waals surface area contributed by atoms with E-state index in [-0.39, 0.29) is 0 Å². The van der Waals surface area contributed by atoms with E-state index in [1.807, 2.05) is 18.2 Å². The standard InChI is InChI=1S/C18H22ClN3O2/c19-16-11-14-12-22(6-2-5-21-7-9-23-10-8-21)13-24-18(14)17-15(16)3-1-4-20-17/h1,3-4,11H,2,5-10,12-13H2/p+2. The van der Waals surface area contributed by atoms with Crippen LogP contribution in [-0.2, 0) is 11.3 Å². The highest BCUT2D eigenvalue weighted by Crippen LogP contribution is 2.34. The molecule has 1 aromatic carbocycles. The topological polar surface area (TPSA) is 40.2 Å². The van der Waals surface area contributed by atoms with Crippen LogP contribution in [0.15, 0.2) is 24.4 Å². The molecule has 2 aliphatic heterocycles. The summed E-state index contributed by atoms with van der Waals surface area (Å²) in [7, 11) is 0. The minimum atomic E-state index is 0.707. The Morgan fingerprint density at radius 3 is 2.88 bits per heavy atom. The van der Waals surface area contributed by atoms with Gasteiger partial charge in [0.2, 0.25) is 6.73 Å². The average molecular weight is 350 g/mol. The zero-order valence-electron chi connectivity index (χ0n) is 13.8. The van der Waals surface area contributed by atoms with E-state index in [0.29, 0.717) is 6.73 Å². The van der Waals surface area contributed by atoms with Crippen LogP contribution in [0.25, 0.3) is 10.9 Å². The van der Waals surface area contributed by atoms with Gasteiger partial charge in [-0.3, -0.25) is 9.88 Å². The molecule has 0 amide bonds. The third-order valence-electron chi connectivity index (χ3n) is 4.99. The van der Waals surface area contributed by atoms with Crippen molar-refractivity contribution in [3.63, 3.8) is 0 Å². The fraction of sp³-hybridized carbons (Fsp3) is 0.500. The van der Waals surface area contributed by atoms with Gasteiger partial charge >= 0.3 is 0 Å². The zero-order valence-corrected chi connectivity index (χ0v) is 14.6. The number of nitrogens with zero attached hydrogens (tertiary/aromatic N) is 1. The number of aromatic nitrogens is 1. The van der Waals surface area contributed by atoms with Gasteiger partial charge in [-0.2, -0.15) is 0 Å². The van der Waals surface area contributed by atoms with Gasteiger partial charge in [-0.05, 0) is 18.2 Å². The van der Waals surface area contributed by atoms with Crippen LogP contribution in [0.2, 0.25) is 5.02 Å². The molecule has 2 N–H and O–H groups in total. The number of morpholine rings is 1. The Kier molecular flexibility index (Phi) is 4.85. The van der Waals surface area contributed by atoms with E-state index in [4.69, 9.17) is 21.1 Å². The molecule has 0 radical (unpaired) electrons. The van der Waals surface area contributed by atoms with Crippen molar-refractivity contribution in [1.29, 1.82) is 0 Å². The molecule has 1 unspecified atom stereocenters. The van der Waals surface area contributed by atoms with Crippen LogP contribution in [0.3, 0.4) is 0 Å². The van der Waals surface area contributed by atoms with Crippen LogP contribution < -0.4 is 14.5 Å². The monoisotopic (exact) mass is 349 g/mol. The van der Waals surface area contributed by atoms with Crippen molar-refractivity contribution in [3.05, 3.63) is 35.0 Å². The molecular weight excluding hydrogens is 326 g/mol. The maximum absolute atomic E-state index is 6.43. The van der Waals surface area contributed by atoms with Gasteiger partial charge in [-0.25, -0.2) is 0 Å². The van der Waals surface area contributed by atoms with Crippen LogP contribution in [0, 0.1) is 0 Å². The van der Waals surface area contributed by atoms with Gasteiger partial charge in [0.05, 0.1) is 36.9 Å². The Labute approximate surface area is 147 Å². The summed E-state index contributed by atoms with van der Waals surface area (Å²) in [5, 5.41) is 1.73. The Balaban J connectivity index is 1.40. The van der Waals surface area contributed by atoms with Gasteiger partial charge in [0.15, 0.2) is 5.75 Å². The van der Waals surface area contributed by atoms with Crippen molar-refractivity contribution >= 4 is 22.5 Å². The molecule has 3 heterocycles. The van der Waals surface area contributed by atoms with E-state index in [9.17, 15) is 0 Å². The molecule has 1 aromatic heterocycles. The van der Waals surface area contributed by atoms with Crippen molar-refractivity contribution in [3.8, 4) is 5.75 Å². The van der Waals surface area contributed by atoms with Crippen molar-refractivity contribution in [2.24, 2.45) is 0 Å². The molecule has 0 aliphatic carbocycles. The Morgan fingerprint density at radius 1 is 1.17 bits per heavy atom. The first-order valence-electron chi connectivity index (χ1n) is 8.75. The number of ether oxygens (including phenoxy) is 2. The first-order chi connectivity index (χ1) is 11.8. The molecule has 128 valence electrons. The molecule has 5 nitrogen and oxygen atoms in total. The molecule has 1 saturated heterocycles. The van der Waals surface area contributed by atoms with Crippen LogP contribution in [-0.4, -0.2) is 51.1 Å². The number of halogens is 1. The van der Waals surface area contributed by atoms with Crippen LogP contribution >= 0.6 is 11.6 Å². The van der Waals surface area contributed by atoms with Crippen molar-refractivity contribution < 1.29 is 19.3 Å². The van der Waals surface area contributed by atoms with Crippen LogP contribution in [0.1, 0.15) is 12.0 Å². The minimum absolute atomic E-state index is 0.707. The van der Waals surface area contributed by atoms with E-state index in [1.165, 1.54) is 23.4 Å². The molecule has 0 bridgehead atoms. The molecule has 1 atom stereocenters. The molecule has 1 fully saturated rings. The minimum Gasteiger partial charge on any atom is -0.443 e. The molecule has 2 aliphatic rings. The quantitative estimate of drug-likeness (QED) is 0.812. The summed E-state index contributed by atoms with van der Waals surface area (Å²) in [6, 6.07) is 5.96. The molecule has 6 heteroatoms. The Bertz CT molecular complexity index is 719. The van der Waals surface area contributed by atoms with Gasteiger partial charge in [0.25, 0.3) is 0 Å². The zero-order chi connectivity index (χ0) is 16.4. The first-order valence-corrected chi connectivity index (χ1v) is 9.13. The second-order valence-corrected chi connectivity index (χ2v) is 7.08. The lowest BCUT2D eigenvalue weighted by atomic mass is 10.1. The third kappa shape index (κ3) is 3.35. The smallest absolute Gasteiger partial charge is 0.222 e. The number of hydrogen-bond acceptors (Lipinski definition) is 3. The van der Waals surface area contributed by atoms with E-state index in [2.05, 4.69) is 4.98 Å². The van der Waals surface area contributed by atoms with E-state index in [0.717, 1.165) is 61.1 Å². The number of quaternary nitrogens is 2. The van der Waals surface area contributed by atoms with Gasteiger partial charge in [-0.1, -0.05) is 11.6 Å². The first kappa shape index (κ1) is 16.1. The lowest BCUT2D eigenvalue weighted by Crippen LogP contribution is -3.16. The fourth-order valence-electron chi connectivity index (χ4n) is 3.67. The average Bonchev–Trinajstić information content (AvgIpc) is 2.63. The van der Waals surface area contributed by atoms with Crippen molar-refractivity contribution in [2.75, 3.05) is 46.1 Å². The number of benzene rings is 1. The van der Waals surface area contributed by atoms with E-state index < -0.39 is 0 Å². The normalized spacial score (nSPS) is 21.5. The summed E-state index contributed by atoms with van der Waals surface area (Å²) in [6.45, 7) is 8.10. The molecule has 4 rings (SSSR count). The van der Waals surface area contributed by atoms with Gasteiger partial charge < -0.3 is 14.4 Å². The molecular formula is C18H24ClN3O2+2. The number of pyridine rings is 1. The fourth-order valence-corrected chi connectivity index (χ4v) is 3.96. The number of nitrogens with one attached hydrogen (secondary N) is 2. The predicted octanol–water partition coefficient (Wildman–Crippen LogP) is -0.0718. The maximum atomic E-state index is 6.43. The third-order valence-corrected chi connectivity index (χ3v) is 5.31.